The van der Waals surface area contributed by atoms with Crippen molar-refractivity contribution in [1.82, 2.24) is 19.9 Å². The minimum absolute atomic E-state index is 0.0205. The summed E-state index contributed by atoms with van der Waals surface area (Å²) in [5, 5.41) is 8.69. The molecule has 0 aliphatic carbocycles. The van der Waals surface area contributed by atoms with Gasteiger partial charge in [0.2, 0.25) is 0 Å². The lowest BCUT2D eigenvalue weighted by Crippen LogP contribution is -2.36. The Morgan fingerprint density at radius 1 is 1.14 bits per heavy atom. The molecule has 2 atom stereocenters. The molecule has 2 heterocycles. The number of para-hydroxylation sites is 1. The Morgan fingerprint density at radius 3 is 2.68 bits per heavy atom. The average Bonchev–Trinajstić information content (AvgIpc) is 3.11. The zero-order chi connectivity index (χ0) is 19.5. The lowest BCUT2D eigenvalue weighted by atomic mass is 10.1. The summed E-state index contributed by atoms with van der Waals surface area (Å²) in [6.45, 7) is 3.10. The first kappa shape index (κ1) is 18.7. The molecule has 3 aromatic rings. The summed E-state index contributed by atoms with van der Waals surface area (Å²) in [6.07, 6.45) is 2.26. The lowest BCUT2D eigenvalue weighted by molar-refractivity contribution is 0.00286. The molecule has 0 bridgehead atoms. The largest absolute Gasteiger partial charge is 0.369 e. The molecule has 2 unspecified atom stereocenters. The van der Waals surface area contributed by atoms with E-state index in [0.717, 1.165) is 12.0 Å². The minimum atomic E-state index is -0.150. The number of ether oxygens (including phenoxy) is 1. The monoisotopic (exact) mass is 396 g/mol. The maximum Gasteiger partial charge on any atom is 0.276 e. The summed E-state index contributed by atoms with van der Waals surface area (Å²) in [7, 11) is 0. The first-order valence-electron chi connectivity index (χ1n) is 9.29. The van der Waals surface area contributed by atoms with Gasteiger partial charge in [-0.3, -0.25) is 4.79 Å². The highest BCUT2D eigenvalue weighted by Gasteiger charge is 2.28. The standard InChI is InChI=1S/C21H21ClN4O2/c1-15-13-25(12-11-20(28-15)16-7-3-2-4-8-16)21(27)18-14-26(24-23-18)19-10-6-5-9-17(19)22/h2-10,14-15,20H,11-13H2,1H3. The van der Waals surface area contributed by atoms with Crippen molar-refractivity contribution in [1.29, 1.82) is 0 Å². The van der Waals surface area contributed by atoms with Crippen molar-refractivity contribution in [2.45, 2.75) is 25.6 Å². The van der Waals surface area contributed by atoms with Crippen LogP contribution in [0.25, 0.3) is 5.69 Å². The molecule has 1 aromatic heterocycles. The summed E-state index contributed by atoms with van der Waals surface area (Å²) in [4.78, 5) is 14.8. The Hall–Kier alpha value is -2.70. The van der Waals surface area contributed by atoms with Gasteiger partial charge < -0.3 is 9.64 Å². The molecule has 1 fully saturated rings. The van der Waals surface area contributed by atoms with Crippen LogP contribution in [0.5, 0.6) is 0 Å². The van der Waals surface area contributed by atoms with Crippen molar-refractivity contribution in [3.05, 3.63) is 77.1 Å². The van der Waals surface area contributed by atoms with E-state index in [-0.39, 0.29) is 18.1 Å². The van der Waals surface area contributed by atoms with E-state index in [4.69, 9.17) is 16.3 Å². The second-order valence-corrected chi connectivity index (χ2v) is 7.29. The molecule has 0 saturated carbocycles. The molecule has 144 valence electrons. The average molecular weight is 397 g/mol. The fraction of sp³-hybridized carbons (Fsp3) is 0.286. The van der Waals surface area contributed by atoms with Gasteiger partial charge >= 0.3 is 0 Å². The van der Waals surface area contributed by atoms with Gasteiger partial charge in [0.25, 0.3) is 5.91 Å². The molecule has 0 radical (unpaired) electrons. The van der Waals surface area contributed by atoms with E-state index in [1.165, 1.54) is 4.68 Å². The topological polar surface area (TPSA) is 60.2 Å². The molecule has 6 nitrogen and oxygen atoms in total. The van der Waals surface area contributed by atoms with Crippen LogP contribution in [0.4, 0.5) is 0 Å². The Labute approximate surface area is 168 Å². The van der Waals surface area contributed by atoms with Gasteiger partial charge in [-0.05, 0) is 31.0 Å². The third-order valence-electron chi connectivity index (χ3n) is 4.81. The van der Waals surface area contributed by atoms with Gasteiger partial charge in [-0.1, -0.05) is 59.3 Å². The van der Waals surface area contributed by atoms with Crippen molar-refractivity contribution >= 4 is 17.5 Å². The lowest BCUT2D eigenvalue weighted by Gasteiger charge is -2.20. The van der Waals surface area contributed by atoms with Gasteiger partial charge in [0.15, 0.2) is 5.69 Å². The second kappa shape index (κ2) is 8.12. The van der Waals surface area contributed by atoms with Crippen molar-refractivity contribution in [3.8, 4) is 5.69 Å². The number of carbonyl (C=O) groups excluding carboxylic acids is 1. The number of rotatable bonds is 3. The molecule has 7 heteroatoms. The molecule has 1 aliphatic rings. The Kier molecular flexibility index (Phi) is 5.41. The normalized spacial score (nSPS) is 20.0. The van der Waals surface area contributed by atoms with Gasteiger partial charge in [-0.25, -0.2) is 4.68 Å². The van der Waals surface area contributed by atoms with Crippen LogP contribution in [0.2, 0.25) is 5.02 Å². The highest BCUT2D eigenvalue weighted by molar-refractivity contribution is 6.32. The number of aromatic nitrogens is 3. The van der Waals surface area contributed by atoms with E-state index in [0.29, 0.717) is 29.5 Å². The van der Waals surface area contributed by atoms with E-state index < -0.39 is 0 Å². The predicted molar refractivity (Wildman–Crippen MR) is 107 cm³/mol. The van der Waals surface area contributed by atoms with Gasteiger partial charge in [-0.15, -0.1) is 5.10 Å². The van der Waals surface area contributed by atoms with Crippen LogP contribution in [0, 0.1) is 0 Å². The maximum absolute atomic E-state index is 13.0. The van der Waals surface area contributed by atoms with Crippen molar-refractivity contribution < 1.29 is 9.53 Å². The number of amides is 1. The number of benzene rings is 2. The Bertz CT molecular complexity index is 960. The Morgan fingerprint density at radius 2 is 1.89 bits per heavy atom. The first-order valence-corrected chi connectivity index (χ1v) is 9.66. The van der Waals surface area contributed by atoms with Gasteiger partial charge in [0.05, 0.1) is 29.1 Å². The molecular weight excluding hydrogens is 376 g/mol. The third kappa shape index (κ3) is 3.93. The maximum atomic E-state index is 13.0. The summed E-state index contributed by atoms with van der Waals surface area (Å²) in [6, 6.07) is 17.4. The highest BCUT2D eigenvalue weighted by atomic mass is 35.5. The Balaban J connectivity index is 1.50. The van der Waals surface area contributed by atoms with Crippen LogP contribution in [0.3, 0.4) is 0 Å². The number of nitrogens with zero attached hydrogens (tertiary/aromatic N) is 4. The van der Waals surface area contributed by atoms with Crippen molar-refractivity contribution in [2.24, 2.45) is 0 Å². The van der Waals surface area contributed by atoms with E-state index in [9.17, 15) is 4.79 Å². The SMILES string of the molecule is CC1CN(C(=O)c2cn(-c3ccccc3Cl)nn2)CCC(c2ccccc2)O1. The number of hydrogen-bond donors (Lipinski definition) is 0. The summed E-state index contributed by atoms with van der Waals surface area (Å²) < 4.78 is 7.68. The number of halogens is 1. The molecule has 4 rings (SSSR count). The van der Waals surface area contributed by atoms with Crippen LogP contribution in [-0.4, -0.2) is 45.0 Å². The molecule has 1 amide bonds. The smallest absolute Gasteiger partial charge is 0.276 e. The molecule has 0 spiro atoms. The highest BCUT2D eigenvalue weighted by Crippen LogP contribution is 2.27. The third-order valence-corrected chi connectivity index (χ3v) is 5.13. The van der Waals surface area contributed by atoms with Crippen LogP contribution >= 0.6 is 11.6 Å². The second-order valence-electron chi connectivity index (χ2n) is 6.89. The summed E-state index contributed by atoms with van der Waals surface area (Å²) >= 11 is 6.21. The summed E-state index contributed by atoms with van der Waals surface area (Å²) in [5.41, 5.74) is 2.12. The van der Waals surface area contributed by atoms with Crippen molar-refractivity contribution in [3.63, 3.8) is 0 Å². The molecule has 1 saturated heterocycles. The predicted octanol–water partition coefficient (Wildman–Crippen LogP) is 3.91. The number of hydrogen-bond acceptors (Lipinski definition) is 4. The van der Waals surface area contributed by atoms with E-state index in [2.05, 4.69) is 22.4 Å². The van der Waals surface area contributed by atoms with E-state index in [1.54, 1.807) is 17.2 Å². The van der Waals surface area contributed by atoms with Gasteiger partial charge in [0, 0.05) is 13.1 Å². The summed E-state index contributed by atoms with van der Waals surface area (Å²) in [5.74, 6) is -0.150. The van der Waals surface area contributed by atoms with Crippen LogP contribution in [0.1, 0.15) is 35.5 Å². The fourth-order valence-corrected chi connectivity index (χ4v) is 3.67. The van der Waals surface area contributed by atoms with E-state index in [1.807, 2.05) is 43.3 Å². The van der Waals surface area contributed by atoms with E-state index >= 15 is 0 Å². The molecular formula is C21H21ClN4O2. The van der Waals surface area contributed by atoms with Crippen LogP contribution in [-0.2, 0) is 4.74 Å². The molecule has 28 heavy (non-hydrogen) atoms. The van der Waals surface area contributed by atoms with Crippen molar-refractivity contribution in [2.75, 3.05) is 13.1 Å². The van der Waals surface area contributed by atoms with Gasteiger partial charge in [-0.2, -0.15) is 0 Å². The molecule has 1 aliphatic heterocycles. The van der Waals surface area contributed by atoms with Crippen LogP contribution in [0.15, 0.2) is 60.8 Å². The molecule has 0 N–H and O–H groups in total. The molecule has 2 aromatic carbocycles. The van der Waals surface area contributed by atoms with Gasteiger partial charge in [0.1, 0.15) is 0 Å². The zero-order valence-electron chi connectivity index (χ0n) is 15.5. The minimum Gasteiger partial charge on any atom is -0.369 e. The zero-order valence-corrected chi connectivity index (χ0v) is 16.3. The fourth-order valence-electron chi connectivity index (χ4n) is 3.44. The number of carbonyl (C=O) groups is 1. The first-order chi connectivity index (χ1) is 13.6. The van der Waals surface area contributed by atoms with Crippen LogP contribution < -0.4 is 0 Å². The quantitative estimate of drug-likeness (QED) is 0.673.